The van der Waals surface area contributed by atoms with Gasteiger partial charge in [-0.25, -0.2) is 0 Å². The average Bonchev–Trinajstić information content (AvgIpc) is 2.54. The van der Waals surface area contributed by atoms with E-state index in [0.717, 1.165) is 38.1 Å². The van der Waals surface area contributed by atoms with E-state index in [-0.39, 0.29) is 11.3 Å². The lowest BCUT2D eigenvalue weighted by Gasteiger charge is -2.32. The van der Waals surface area contributed by atoms with Gasteiger partial charge in [-0.05, 0) is 41.9 Å². The molecule has 1 heterocycles. The van der Waals surface area contributed by atoms with E-state index in [9.17, 15) is 4.79 Å². The van der Waals surface area contributed by atoms with E-state index < -0.39 is 0 Å². The number of ether oxygens (including phenoxy) is 1. The van der Waals surface area contributed by atoms with E-state index in [2.05, 4.69) is 39.5 Å². The summed E-state index contributed by atoms with van der Waals surface area (Å²) in [7, 11) is 0. The first-order valence-corrected chi connectivity index (χ1v) is 8.50. The highest BCUT2D eigenvalue weighted by Gasteiger charge is 2.24. The number of hydrogen-bond acceptors (Lipinski definition) is 2. The minimum atomic E-state index is 0.116. The fourth-order valence-corrected chi connectivity index (χ4v) is 2.92. The van der Waals surface area contributed by atoms with Crippen molar-refractivity contribution in [3.8, 4) is 0 Å². The smallest absolute Gasteiger partial charge is 0.253 e. The first kappa shape index (κ1) is 17.7. The maximum atomic E-state index is 12.6. The Labute approximate surface area is 140 Å². The monoisotopic (exact) mass is 315 g/mol. The topological polar surface area (TPSA) is 29.5 Å². The molecule has 0 bridgehead atoms. The molecule has 0 radical (unpaired) electrons. The van der Waals surface area contributed by atoms with Crippen LogP contribution in [-0.2, 0) is 10.2 Å². The molecule has 1 aliphatic rings. The summed E-state index contributed by atoms with van der Waals surface area (Å²) in [6.07, 6.45) is 3.81. The zero-order valence-corrected chi connectivity index (χ0v) is 14.7. The van der Waals surface area contributed by atoms with Gasteiger partial charge in [-0.2, -0.15) is 0 Å². The summed E-state index contributed by atoms with van der Waals surface area (Å²) in [5.41, 5.74) is 2.16. The van der Waals surface area contributed by atoms with Crippen molar-refractivity contribution in [1.82, 2.24) is 4.90 Å². The molecule has 1 aromatic carbocycles. The predicted octanol–water partition coefficient (Wildman–Crippen LogP) is 4.04. The second-order valence-corrected chi connectivity index (χ2v) is 7.39. The molecule has 23 heavy (non-hydrogen) atoms. The van der Waals surface area contributed by atoms with Crippen LogP contribution in [0.25, 0.3) is 0 Å². The third kappa shape index (κ3) is 4.93. The summed E-state index contributed by atoms with van der Waals surface area (Å²) >= 11 is 0. The molecular weight excluding hydrogens is 286 g/mol. The van der Waals surface area contributed by atoms with Crippen LogP contribution in [0.5, 0.6) is 0 Å². The van der Waals surface area contributed by atoms with Gasteiger partial charge in [0.15, 0.2) is 0 Å². The molecule has 0 N–H and O–H groups in total. The number of hydrogen-bond donors (Lipinski definition) is 0. The number of benzene rings is 1. The molecule has 0 aromatic heterocycles. The highest BCUT2D eigenvalue weighted by molar-refractivity contribution is 5.94. The summed E-state index contributed by atoms with van der Waals surface area (Å²) in [6, 6.07) is 8.07. The number of nitrogens with zero attached hydrogens (tertiary/aromatic N) is 1. The van der Waals surface area contributed by atoms with Gasteiger partial charge in [0, 0.05) is 25.3 Å². The van der Waals surface area contributed by atoms with Gasteiger partial charge in [0.1, 0.15) is 0 Å². The van der Waals surface area contributed by atoms with Crippen LogP contribution in [0.4, 0.5) is 0 Å². The van der Waals surface area contributed by atoms with Crippen molar-refractivity contribution in [3.63, 3.8) is 0 Å². The fraction of sp³-hybridized carbons (Fsp3) is 0.550. The number of likely N-dealkylation sites (tertiary alicyclic amines) is 1. The SMILES string of the molecule is C=CCOCC1CCN(C(=O)c2ccc(C(C)(C)C)cc2)CC1. The van der Waals surface area contributed by atoms with E-state index in [4.69, 9.17) is 4.74 Å². The largest absolute Gasteiger partial charge is 0.377 e. The lowest BCUT2D eigenvalue weighted by atomic mass is 9.86. The summed E-state index contributed by atoms with van der Waals surface area (Å²) in [5, 5.41) is 0. The van der Waals surface area contributed by atoms with Crippen LogP contribution >= 0.6 is 0 Å². The molecule has 0 spiro atoms. The molecular formula is C20H29NO2. The van der Waals surface area contributed by atoms with E-state index in [1.54, 1.807) is 6.08 Å². The molecule has 1 amide bonds. The summed E-state index contributed by atoms with van der Waals surface area (Å²) in [5.74, 6) is 0.707. The van der Waals surface area contributed by atoms with Crippen LogP contribution in [0.2, 0.25) is 0 Å². The third-order valence-corrected chi connectivity index (χ3v) is 4.49. The number of carbonyl (C=O) groups is 1. The van der Waals surface area contributed by atoms with Crippen molar-refractivity contribution in [3.05, 3.63) is 48.0 Å². The van der Waals surface area contributed by atoms with Gasteiger partial charge in [0.05, 0.1) is 6.61 Å². The van der Waals surface area contributed by atoms with Crippen LogP contribution in [0, 0.1) is 5.92 Å². The molecule has 0 saturated carbocycles. The number of rotatable bonds is 5. The van der Waals surface area contributed by atoms with E-state index in [1.165, 1.54) is 5.56 Å². The zero-order valence-electron chi connectivity index (χ0n) is 14.7. The molecule has 1 fully saturated rings. The van der Waals surface area contributed by atoms with Crippen LogP contribution in [-0.4, -0.2) is 37.1 Å². The van der Waals surface area contributed by atoms with Crippen LogP contribution in [0.3, 0.4) is 0 Å². The van der Waals surface area contributed by atoms with E-state index in [0.29, 0.717) is 12.5 Å². The highest BCUT2D eigenvalue weighted by atomic mass is 16.5. The minimum absolute atomic E-state index is 0.116. The standard InChI is InChI=1S/C20H29NO2/c1-5-14-23-15-16-10-12-21(13-11-16)19(22)17-6-8-18(9-7-17)20(2,3)4/h5-9,16H,1,10-15H2,2-4H3. The van der Waals surface area contributed by atoms with Gasteiger partial charge >= 0.3 is 0 Å². The van der Waals surface area contributed by atoms with Crippen molar-refractivity contribution >= 4 is 5.91 Å². The van der Waals surface area contributed by atoms with Gasteiger partial charge in [0.25, 0.3) is 5.91 Å². The molecule has 0 atom stereocenters. The molecule has 2 rings (SSSR count). The van der Waals surface area contributed by atoms with Crippen molar-refractivity contribution in [2.45, 2.75) is 39.0 Å². The van der Waals surface area contributed by atoms with Gasteiger partial charge in [0.2, 0.25) is 0 Å². The Kier molecular flexibility index (Phi) is 6.00. The second kappa shape index (κ2) is 7.78. The molecule has 0 aliphatic carbocycles. The molecule has 1 aromatic rings. The Morgan fingerprint density at radius 1 is 1.26 bits per heavy atom. The van der Waals surface area contributed by atoms with Crippen molar-refractivity contribution in [1.29, 1.82) is 0 Å². The zero-order chi connectivity index (χ0) is 16.9. The van der Waals surface area contributed by atoms with E-state index >= 15 is 0 Å². The summed E-state index contributed by atoms with van der Waals surface area (Å²) < 4.78 is 5.53. The van der Waals surface area contributed by atoms with Gasteiger partial charge in [-0.3, -0.25) is 4.79 Å². The van der Waals surface area contributed by atoms with Crippen molar-refractivity contribution < 1.29 is 9.53 Å². The maximum absolute atomic E-state index is 12.6. The molecule has 0 unspecified atom stereocenters. The molecule has 1 saturated heterocycles. The quantitative estimate of drug-likeness (QED) is 0.606. The Balaban J connectivity index is 1.88. The number of amides is 1. The van der Waals surface area contributed by atoms with Crippen LogP contribution < -0.4 is 0 Å². The lowest BCUT2D eigenvalue weighted by Crippen LogP contribution is -2.39. The van der Waals surface area contributed by atoms with Gasteiger partial charge in [-0.15, -0.1) is 6.58 Å². The Bertz CT molecular complexity index is 520. The number of carbonyl (C=O) groups excluding carboxylic acids is 1. The maximum Gasteiger partial charge on any atom is 0.253 e. The second-order valence-electron chi connectivity index (χ2n) is 7.39. The van der Waals surface area contributed by atoms with Crippen molar-refractivity contribution in [2.24, 2.45) is 5.92 Å². The predicted molar refractivity (Wildman–Crippen MR) is 94.8 cm³/mol. The molecule has 126 valence electrons. The van der Waals surface area contributed by atoms with Crippen LogP contribution in [0.15, 0.2) is 36.9 Å². The minimum Gasteiger partial charge on any atom is -0.377 e. The molecule has 1 aliphatic heterocycles. The Morgan fingerprint density at radius 2 is 1.87 bits per heavy atom. The van der Waals surface area contributed by atoms with Crippen molar-refractivity contribution in [2.75, 3.05) is 26.3 Å². The summed E-state index contributed by atoms with van der Waals surface area (Å²) in [6.45, 7) is 13.2. The first-order chi connectivity index (χ1) is 10.9. The third-order valence-electron chi connectivity index (χ3n) is 4.49. The first-order valence-electron chi connectivity index (χ1n) is 8.50. The van der Waals surface area contributed by atoms with Gasteiger partial charge in [-0.1, -0.05) is 39.0 Å². The van der Waals surface area contributed by atoms with Gasteiger partial charge < -0.3 is 9.64 Å². The molecule has 3 nitrogen and oxygen atoms in total. The normalized spacial score (nSPS) is 16.4. The Morgan fingerprint density at radius 3 is 2.39 bits per heavy atom. The molecule has 3 heteroatoms. The average molecular weight is 315 g/mol. The van der Waals surface area contributed by atoms with E-state index in [1.807, 2.05) is 17.0 Å². The lowest BCUT2D eigenvalue weighted by molar-refractivity contribution is 0.0575. The van der Waals surface area contributed by atoms with Crippen LogP contribution in [0.1, 0.15) is 49.5 Å². The Hall–Kier alpha value is -1.61. The fourth-order valence-electron chi connectivity index (χ4n) is 2.92. The summed E-state index contributed by atoms with van der Waals surface area (Å²) in [4.78, 5) is 14.6. The highest BCUT2D eigenvalue weighted by Crippen LogP contribution is 2.24. The number of piperidine rings is 1.